The standard InChI is InChI=1S/C24H26ClFN4O2/c1-14(2)11-20-17-12-15(22(31)29-10-9-27-23(32)24(29,3)4)5-8-21(17)30(28-20)16-6-7-18(25)19(26)13-16/h5-8,12-14H,9-11H2,1-4H3,(H,27,32). The van der Waals surface area contributed by atoms with Crippen molar-refractivity contribution in [2.45, 2.75) is 39.7 Å². The molecule has 0 aliphatic carbocycles. The van der Waals surface area contributed by atoms with Gasteiger partial charge in [0.05, 0.1) is 21.9 Å². The zero-order valence-corrected chi connectivity index (χ0v) is 19.3. The quantitative estimate of drug-likeness (QED) is 0.634. The van der Waals surface area contributed by atoms with E-state index in [1.54, 1.807) is 35.6 Å². The van der Waals surface area contributed by atoms with Gasteiger partial charge in [-0.25, -0.2) is 9.07 Å². The van der Waals surface area contributed by atoms with E-state index < -0.39 is 11.4 Å². The second kappa shape index (κ2) is 8.20. The first-order chi connectivity index (χ1) is 15.1. The van der Waals surface area contributed by atoms with Gasteiger partial charge in [-0.15, -0.1) is 0 Å². The molecule has 0 atom stereocenters. The maximum Gasteiger partial charge on any atom is 0.254 e. The Balaban J connectivity index is 1.81. The summed E-state index contributed by atoms with van der Waals surface area (Å²) in [4.78, 5) is 27.3. The number of benzene rings is 2. The molecule has 0 spiro atoms. The highest BCUT2D eigenvalue weighted by Crippen LogP contribution is 2.29. The summed E-state index contributed by atoms with van der Waals surface area (Å²) in [6.07, 6.45) is 0.703. The molecule has 1 aromatic heterocycles. The summed E-state index contributed by atoms with van der Waals surface area (Å²) in [6.45, 7) is 8.55. The summed E-state index contributed by atoms with van der Waals surface area (Å²) in [5.74, 6) is -0.549. The van der Waals surface area contributed by atoms with Crippen molar-refractivity contribution in [2.24, 2.45) is 5.92 Å². The average molecular weight is 457 g/mol. The predicted molar refractivity (Wildman–Crippen MR) is 123 cm³/mol. The number of nitrogens with one attached hydrogen (secondary N) is 1. The van der Waals surface area contributed by atoms with Crippen molar-refractivity contribution in [3.63, 3.8) is 0 Å². The Bertz CT molecular complexity index is 1220. The van der Waals surface area contributed by atoms with Gasteiger partial charge in [-0.05, 0) is 56.5 Å². The van der Waals surface area contributed by atoms with Gasteiger partial charge in [0, 0.05) is 30.1 Å². The first kappa shape index (κ1) is 22.3. The number of rotatable bonds is 4. The molecular weight excluding hydrogens is 431 g/mol. The minimum atomic E-state index is -0.934. The van der Waals surface area contributed by atoms with Gasteiger partial charge in [-0.3, -0.25) is 9.59 Å². The van der Waals surface area contributed by atoms with E-state index in [2.05, 4.69) is 19.2 Å². The third-order valence-electron chi connectivity index (χ3n) is 5.85. The number of piperazine rings is 1. The third kappa shape index (κ3) is 3.86. The van der Waals surface area contributed by atoms with Crippen molar-refractivity contribution in [3.8, 4) is 5.69 Å². The van der Waals surface area contributed by atoms with E-state index >= 15 is 0 Å². The molecule has 168 valence electrons. The van der Waals surface area contributed by atoms with Crippen LogP contribution in [0.2, 0.25) is 5.02 Å². The number of halogens is 2. The Kier molecular flexibility index (Phi) is 5.71. The minimum absolute atomic E-state index is 0.0497. The molecule has 0 radical (unpaired) electrons. The molecular formula is C24H26ClFN4O2. The number of carbonyl (C=O) groups excluding carboxylic acids is 2. The molecule has 8 heteroatoms. The van der Waals surface area contributed by atoms with Crippen LogP contribution >= 0.6 is 11.6 Å². The molecule has 1 aliphatic heterocycles. The van der Waals surface area contributed by atoms with Crippen LogP contribution in [0.5, 0.6) is 0 Å². The first-order valence-corrected chi connectivity index (χ1v) is 11.0. The predicted octanol–water partition coefficient (Wildman–Crippen LogP) is 4.37. The molecule has 0 unspecified atom stereocenters. The van der Waals surface area contributed by atoms with Crippen LogP contribution in [0.3, 0.4) is 0 Å². The average Bonchev–Trinajstić information content (AvgIpc) is 3.08. The van der Waals surface area contributed by atoms with Crippen LogP contribution in [0.1, 0.15) is 43.7 Å². The highest BCUT2D eigenvalue weighted by Gasteiger charge is 2.40. The van der Waals surface area contributed by atoms with Crippen LogP contribution in [0.4, 0.5) is 4.39 Å². The molecule has 1 saturated heterocycles. The number of carbonyl (C=O) groups is 2. The van der Waals surface area contributed by atoms with Gasteiger partial charge < -0.3 is 10.2 Å². The molecule has 3 aromatic rings. The van der Waals surface area contributed by atoms with E-state index in [4.69, 9.17) is 16.7 Å². The van der Waals surface area contributed by atoms with Crippen molar-refractivity contribution in [3.05, 3.63) is 58.5 Å². The van der Waals surface area contributed by atoms with Crippen molar-refractivity contribution >= 4 is 34.3 Å². The van der Waals surface area contributed by atoms with Gasteiger partial charge in [0.2, 0.25) is 5.91 Å². The van der Waals surface area contributed by atoms with Crippen molar-refractivity contribution in [2.75, 3.05) is 13.1 Å². The van der Waals surface area contributed by atoms with Crippen LogP contribution in [-0.2, 0) is 11.2 Å². The van der Waals surface area contributed by atoms with Crippen LogP contribution in [0.25, 0.3) is 16.6 Å². The minimum Gasteiger partial charge on any atom is -0.352 e. The van der Waals surface area contributed by atoms with Crippen LogP contribution < -0.4 is 5.32 Å². The molecule has 32 heavy (non-hydrogen) atoms. The zero-order valence-electron chi connectivity index (χ0n) is 18.6. The molecule has 2 aromatic carbocycles. The number of fused-ring (bicyclic) bond motifs is 1. The van der Waals surface area contributed by atoms with E-state index in [1.165, 1.54) is 12.1 Å². The van der Waals surface area contributed by atoms with Gasteiger partial charge in [-0.2, -0.15) is 5.10 Å². The zero-order chi connectivity index (χ0) is 23.2. The van der Waals surface area contributed by atoms with Gasteiger partial charge in [0.1, 0.15) is 11.4 Å². The van der Waals surface area contributed by atoms with Gasteiger partial charge in [-0.1, -0.05) is 25.4 Å². The highest BCUT2D eigenvalue weighted by molar-refractivity contribution is 6.30. The summed E-state index contributed by atoms with van der Waals surface area (Å²) in [5.41, 5.74) is 1.72. The number of nitrogens with zero attached hydrogens (tertiary/aromatic N) is 3. The summed E-state index contributed by atoms with van der Waals surface area (Å²) in [6, 6.07) is 9.95. The Hall–Kier alpha value is -2.93. The summed E-state index contributed by atoms with van der Waals surface area (Å²) in [5, 5.41) is 8.44. The number of amides is 2. The van der Waals surface area contributed by atoms with Crippen molar-refractivity contribution in [1.82, 2.24) is 20.0 Å². The number of hydrogen-bond acceptors (Lipinski definition) is 3. The highest BCUT2D eigenvalue weighted by atomic mass is 35.5. The molecule has 2 amide bonds. The second-order valence-corrected chi connectivity index (χ2v) is 9.47. The summed E-state index contributed by atoms with van der Waals surface area (Å²) >= 11 is 5.85. The van der Waals surface area contributed by atoms with E-state index in [1.807, 2.05) is 12.1 Å². The third-order valence-corrected chi connectivity index (χ3v) is 6.16. The lowest BCUT2D eigenvalue weighted by molar-refractivity contribution is -0.133. The van der Waals surface area contributed by atoms with Gasteiger partial charge >= 0.3 is 0 Å². The number of hydrogen-bond donors (Lipinski definition) is 1. The van der Waals surface area contributed by atoms with Crippen molar-refractivity contribution in [1.29, 1.82) is 0 Å². The molecule has 0 bridgehead atoms. The maximum absolute atomic E-state index is 14.1. The lowest BCUT2D eigenvalue weighted by Crippen LogP contribution is -2.63. The molecule has 1 fully saturated rings. The molecule has 2 heterocycles. The molecule has 1 aliphatic rings. The Morgan fingerprint density at radius 3 is 2.69 bits per heavy atom. The molecule has 1 N–H and O–H groups in total. The first-order valence-electron chi connectivity index (χ1n) is 10.7. The van der Waals surface area contributed by atoms with Gasteiger partial charge in [0.25, 0.3) is 5.91 Å². The van der Waals surface area contributed by atoms with Crippen LogP contribution in [0, 0.1) is 11.7 Å². The lowest BCUT2D eigenvalue weighted by atomic mass is 9.97. The Labute approximate surface area is 191 Å². The largest absolute Gasteiger partial charge is 0.352 e. The van der Waals surface area contributed by atoms with E-state index in [9.17, 15) is 14.0 Å². The van der Waals surface area contributed by atoms with E-state index in [-0.39, 0.29) is 16.8 Å². The Morgan fingerprint density at radius 1 is 1.25 bits per heavy atom. The summed E-state index contributed by atoms with van der Waals surface area (Å²) in [7, 11) is 0. The van der Waals surface area contributed by atoms with Crippen LogP contribution in [-0.4, -0.2) is 45.1 Å². The number of aromatic nitrogens is 2. The SMILES string of the molecule is CC(C)Cc1nn(-c2ccc(Cl)c(F)c2)c2ccc(C(=O)N3CCNC(=O)C3(C)C)cc12. The van der Waals surface area contributed by atoms with Gasteiger partial charge in [0.15, 0.2) is 0 Å². The fourth-order valence-corrected chi connectivity index (χ4v) is 4.19. The molecule has 4 rings (SSSR count). The lowest BCUT2D eigenvalue weighted by Gasteiger charge is -2.41. The second-order valence-electron chi connectivity index (χ2n) is 9.06. The Morgan fingerprint density at radius 2 is 2.00 bits per heavy atom. The van der Waals surface area contributed by atoms with E-state index in [0.29, 0.717) is 36.7 Å². The smallest absolute Gasteiger partial charge is 0.254 e. The normalized spacial score (nSPS) is 16.0. The van der Waals surface area contributed by atoms with E-state index in [0.717, 1.165) is 16.6 Å². The monoisotopic (exact) mass is 456 g/mol. The van der Waals surface area contributed by atoms with Crippen LogP contribution in [0.15, 0.2) is 36.4 Å². The molecule has 0 saturated carbocycles. The maximum atomic E-state index is 14.1. The fraction of sp³-hybridized carbons (Fsp3) is 0.375. The summed E-state index contributed by atoms with van der Waals surface area (Å²) < 4.78 is 15.8. The molecule has 6 nitrogen and oxygen atoms in total. The topological polar surface area (TPSA) is 67.2 Å². The van der Waals surface area contributed by atoms with Crippen molar-refractivity contribution < 1.29 is 14.0 Å². The fourth-order valence-electron chi connectivity index (χ4n) is 4.08.